The van der Waals surface area contributed by atoms with Crippen molar-refractivity contribution in [1.82, 2.24) is 10.2 Å². The second-order valence-corrected chi connectivity index (χ2v) is 6.11. The van der Waals surface area contributed by atoms with E-state index in [4.69, 9.17) is 9.15 Å². The third-order valence-electron chi connectivity index (χ3n) is 4.54. The molecule has 1 aliphatic heterocycles. The summed E-state index contributed by atoms with van der Waals surface area (Å²) >= 11 is 0. The Morgan fingerprint density at radius 1 is 1.22 bits per heavy atom. The van der Waals surface area contributed by atoms with Crippen LogP contribution in [0.5, 0.6) is 0 Å². The van der Waals surface area contributed by atoms with Crippen molar-refractivity contribution in [3.8, 4) is 0 Å². The standard InChI is InChI=1S/C18H24N2O3/c1-13-3-4-16-15(11-17(21)23-18(16)14(13)2)12-19-5-6-20-7-9-22-10-8-20/h3-4,11,19H,5-10,12H2,1-2H3. The van der Waals surface area contributed by atoms with Crippen LogP contribution in [0, 0.1) is 13.8 Å². The molecule has 1 aromatic heterocycles. The molecule has 1 fully saturated rings. The smallest absolute Gasteiger partial charge is 0.336 e. The van der Waals surface area contributed by atoms with Crippen molar-refractivity contribution in [2.45, 2.75) is 20.4 Å². The Labute approximate surface area is 136 Å². The quantitative estimate of drug-likeness (QED) is 0.674. The van der Waals surface area contributed by atoms with Gasteiger partial charge >= 0.3 is 5.63 Å². The Kier molecular flexibility index (Phi) is 5.10. The summed E-state index contributed by atoms with van der Waals surface area (Å²) in [6, 6.07) is 5.72. The van der Waals surface area contributed by atoms with E-state index in [0.29, 0.717) is 12.1 Å². The third kappa shape index (κ3) is 3.80. The lowest BCUT2D eigenvalue weighted by molar-refractivity contribution is 0.0384. The van der Waals surface area contributed by atoms with Gasteiger partial charge in [-0.25, -0.2) is 4.79 Å². The van der Waals surface area contributed by atoms with Gasteiger partial charge in [0.1, 0.15) is 5.58 Å². The number of hydrogen-bond acceptors (Lipinski definition) is 5. The molecule has 5 heteroatoms. The van der Waals surface area contributed by atoms with E-state index in [0.717, 1.165) is 61.5 Å². The zero-order valence-corrected chi connectivity index (χ0v) is 13.9. The minimum atomic E-state index is -0.281. The molecule has 1 aromatic carbocycles. The lowest BCUT2D eigenvalue weighted by atomic mass is 10.0. The molecule has 0 saturated carbocycles. The first-order chi connectivity index (χ1) is 11.1. The number of ether oxygens (including phenoxy) is 1. The van der Waals surface area contributed by atoms with Gasteiger partial charge < -0.3 is 14.5 Å². The molecule has 5 nitrogen and oxygen atoms in total. The highest BCUT2D eigenvalue weighted by Gasteiger charge is 2.11. The molecule has 1 saturated heterocycles. The summed E-state index contributed by atoms with van der Waals surface area (Å²) in [4.78, 5) is 14.2. The van der Waals surface area contributed by atoms with E-state index in [-0.39, 0.29) is 5.63 Å². The number of morpholine rings is 1. The maximum atomic E-state index is 11.8. The van der Waals surface area contributed by atoms with E-state index < -0.39 is 0 Å². The summed E-state index contributed by atoms with van der Waals surface area (Å²) in [6.45, 7) is 10.2. The highest BCUT2D eigenvalue weighted by molar-refractivity contribution is 5.83. The summed E-state index contributed by atoms with van der Waals surface area (Å²) in [5.74, 6) is 0. The van der Waals surface area contributed by atoms with E-state index in [1.807, 2.05) is 19.9 Å². The lowest BCUT2D eigenvalue weighted by Crippen LogP contribution is -2.40. The van der Waals surface area contributed by atoms with Crippen molar-refractivity contribution in [2.24, 2.45) is 0 Å². The first-order valence-electron chi connectivity index (χ1n) is 8.19. The van der Waals surface area contributed by atoms with Crippen LogP contribution < -0.4 is 10.9 Å². The fourth-order valence-electron chi connectivity index (χ4n) is 2.96. The minimum absolute atomic E-state index is 0.281. The van der Waals surface area contributed by atoms with Crippen LogP contribution in [0.3, 0.4) is 0 Å². The fraction of sp³-hybridized carbons (Fsp3) is 0.500. The summed E-state index contributed by atoms with van der Waals surface area (Å²) in [6.07, 6.45) is 0. The van der Waals surface area contributed by atoms with Gasteiger partial charge in [-0.15, -0.1) is 0 Å². The molecule has 23 heavy (non-hydrogen) atoms. The van der Waals surface area contributed by atoms with Crippen LogP contribution in [0.25, 0.3) is 11.0 Å². The van der Waals surface area contributed by atoms with Crippen LogP contribution in [-0.2, 0) is 11.3 Å². The molecule has 0 unspecified atom stereocenters. The van der Waals surface area contributed by atoms with Crippen molar-refractivity contribution in [2.75, 3.05) is 39.4 Å². The van der Waals surface area contributed by atoms with Gasteiger partial charge in [-0.05, 0) is 30.5 Å². The van der Waals surface area contributed by atoms with Gasteiger partial charge in [-0.2, -0.15) is 0 Å². The molecule has 0 atom stereocenters. The van der Waals surface area contributed by atoms with Gasteiger partial charge in [0, 0.05) is 44.2 Å². The van der Waals surface area contributed by atoms with Gasteiger partial charge in [-0.3, -0.25) is 4.90 Å². The summed E-state index contributed by atoms with van der Waals surface area (Å²) < 4.78 is 10.8. The number of nitrogens with zero attached hydrogens (tertiary/aromatic N) is 1. The molecular formula is C18H24N2O3. The average molecular weight is 316 g/mol. The molecule has 3 rings (SSSR count). The predicted molar refractivity (Wildman–Crippen MR) is 90.9 cm³/mol. The van der Waals surface area contributed by atoms with E-state index in [9.17, 15) is 4.79 Å². The molecule has 0 radical (unpaired) electrons. The number of aryl methyl sites for hydroxylation is 2. The van der Waals surface area contributed by atoms with E-state index >= 15 is 0 Å². The number of fused-ring (bicyclic) bond motifs is 1. The van der Waals surface area contributed by atoms with E-state index in [2.05, 4.69) is 16.3 Å². The van der Waals surface area contributed by atoms with Gasteiger partial charge in [0.05, 0.1) is 13.2 Å². The number of nitrogens with one attached hydrogen (secondary N) is 1. The monoisotopic (exact) mass is 316 g/mol. The van der Waals surface area contributed by atoms with Gasteiger partial charge in [0.25, 0.3) is 0 Å². The second kappa shape index (κ2) is 7.25. The van der Waals surface area contributed by atoms with E-state index in [1.54, 1.807) is 6.07 Å². The Morgan fingerprint density at radius 2 is 2.00 bits per heavy atom. The Balaban J connectivity index is 1.67. The average Bonchev–Trinajstić information content (AvgIpc) is 2.56. The zero-order chi connectivity index (χ0) is 16.2. The molecular weight excluding hydrogens is 292 g/mol. The largest absolute Gasteiger partial charge is 0.422 e. The maximum Gasteiger partial charge on any atom is 0.336 e. The number of hydrogen-bond donors (Lipinski definition) is 1. The summed E-state index contributed by atoms with van der Waals surface area (Å²) in [5.41, 5.74) is 3.60. The lowest BCUT2D eigenvalue weighted by Gasteiger charge is -2.26. The topological polar surface area (TPSA) is 54.7 Å². The van der Waals surface area contributed by atoms with E-state index in [1.165, 1.54) is 0 Å². The molecule has 124 valence electrons. The van der Waals surface area contributed by atoms with Gasteiger partial charge in [0.2, 0.25) is 0 Å². The SMILES string of the molecule is Cc1ccc2c(CNCCN3CCOCC3)cc(=O)oc2c1C. The Morgan fingerprint density at radius 3 is 2.78 bits per heavy atom. The second-order valence-electron chi connectivity index (χ2n) is 6.11. The molecule has 2 heterocycles. The molecule has 0 spiro atoms. The van der Waals surface area contributed by atoms with Crippen LogP contribution in [0.15, 0.2) is 27.4 Å². The number of benzene rings is 1. The van der Waals surface area contributed by atoms with Crippen molar-refractivity contribution in [3.63, 3.8) is 0 Å². The van der Waals surface area contributed by atoms with Crippen LogP contribution in [0.1, 0.15) is 16.7 Å². The molecule has 2 aromatic rings. The van der Waals surface area contributed by atoms with Crippen LogP contribution in [-0.4, -0.2) is 44.3 Å². The highest BCUT2D eigenvalue weighted by atomic mass is 16.5. The van der Waals surface area contributed by atoms with Crippen molar-refractivity contribution in [1.29, 1.82) is 0 Å². The maximum absolute atomic E-state index is 11.8. The molecule has 0 bridgehead atoms. The van der Waals surface area contributed by atoms with Gasteiger partial charge in [-0.1, -0.05) is 12.1 Å². The normalized spacial score (nSPS) is 16.1. The molecule has 1 aliphatic rings. The molecule has 1 N–H and O–H groups in total. The molecule has 0 aliphatic carbocycles. The van der Waals surface area contributed by atoms with Crippen LogP contribution in [0.2, 0.25) is 0 Å². The number of rotatable bonds is 5. The van der Waals surface area contributed by atoms with Crippen LogP contribution in [0.4, 0.5) is 0 Å². The van der Waals surface area contributed by atoms with Crippen molar-refractivity contribution < 1.29 is 9.15 Å². The summed E-state index contributed by atoms with van der Waals surface area (Å²) in [5, 5.41) is 4.46. The van der Waals surface area contributed by atoms with Crippen molar-refractivity contribution in [3.05, 3.63) is 45.3 Å². The Hall–Kier alpha value is -1.69. The predicted octanol–water partition coefficient (Wildman–Crippen LogP) is 1.83. The summed E-state index contributed by atoms with van der Waals surface area (Å²) in [7, 11) is 0. The van der Waals surface area contributed by atoms with Gasteiger partial charge in [0.15, 0.2) is 0 Å². The third-order valence-corrected chi connectivity index (χ3v) is 4.54. The Bertz CT molecular complexity index is 733. The first kappa shape index (κ1) is 16.2. The molecule has 0 amide bonds. The first-order valence-corrected chi connectivity index (χ1v) is 8.19. The zero-order valence-electron chi connectivity index (χ0n) is 13.9. The highest BCUT2D eigenvalue weighted by Crippen LogP contribution is 2.23. The van der Waals surface area contributed by atoms with Crippen LogP contribution >= 0.6 is 0 Å². The van der Waals surface area contributed by atoms with Crippen molar-refractivity contribution >= 4 is 11.0 Å². The minimum Gasteiger partial charge on any atom is -0.422 e. The fourth-order valence-corrected chi connectivity index (χ4v) is 2.96.